The summed E-state index contributed by atoms with van der Waals surface area (Å²) in [6, 6.07) is 27.0. The third-order valence-corrected chi connectivity index (χ3v) is 5.00. The van der Waals surface area contributed by atoms with Crippen molar-refractivity contribution in [2.75, 3.05) is 5.32 Å². The lowest BCUT2D eigenvalue weighted by molar-refractivity contribution is -0.147. The highest BCUT2D eigenvalue weighted by atomic mass is 16.5. The highest BCUT2D eigenvalue weighted by Gasteiger charge is 2.30. The van der Waals surface area contributed by atoms with Crippen LogP contribution in [0, 0.1) is 0 Å². The molecule has 0 saturated carbocycles. The molecule has 0 saturated heterocycles. The van der Waals surface area contributed by atoms with Gasteiger partial charge >= 0.3 is 5.97 Å². The first-order valence-electron chi connectivity index (χ1n) is 9.41. The topological polar surface area (TPSA) is 55.4 Å². The Labute approximate surface area is 164 Å². The molecule has 0 aliphatic carbocycles. The average Bonchev–Trinajstić information content (AvgIpc) is 3.06. The Bertz CT molecular complexity index is 930. The molecule has 4 heteroatoms. The molecule has 1 amide bonds. The van der Waals surface area contributed by atoms with E-state index in [2.05, 4.69) is 5.32 Å². The molecule has 3 aromatic rings. The van der Waals surface area contributed by atoms with Crippen LogP contribution in [0.2, 0.25) is 0 Å². The molecule has 0 radical (unpaired) electrons. The van der Waals surface area contributed by atoms with Gasteiger partial charge in [-0.3, -0.25) is 9.59 Å². The lowest BCUT2D eigenvalue weighted by atomic mass is 9.95. The predicted molar refractivity (Wildman–Crippen MR) is 108 cm³/mol. The van der Waals surface area contributed by atoms with Crippen molar-refractivity contribution in [2.24, 2.45) is 0 Å². The van der Waals surface area contributed by atoms with Crippen molar-refractivity contribution in [2.45, 2.75) is 24.9 Å². The number of amides is 1. The Balaban J connectivity index is 1.46. The van der Waals surface area contributed by atoms with Crippen molar-refractivity contribution in [3.05, 3.63) is 102 Å². The number of anilines is 1. The van der Waals surface area contributed by atoms with E-state index in [1.807, 2.05) is 84.9 Å². The van der Waals surface area contributed by atoms with Crippen LogP contribution in [0.1, 0.15) is 41.6 Å². The fraction of sp³-hybridized carbons (Fsp3) is 0.167. The van der Waals surface area contributed by atoms with Gasteiger partial charge in [-0.05, 0) is 29.2 Å². The maximum atomic E-state index is 12.6. The number of para-hydroxylation sites is 1. The minimum absolute atomic E-state index is 0.0586. The summed E-state index contributed by atoms with van der Waals surface area (Å²) in [6.07, 6.45) is 0.153. The summed E-state index contributed by atoms with van der Waals surface area (Å²) in [6.45, 7) is 0. The van der Waals surface area contributed by atoms with E-state index in [0.717, 1.165) is 22.4 Å². The third kappa shape index (κ3) is 3.81. The number of carbonyl (C=O) groups excluding carboxylic acids is 2. The molecule has 1 aliphatic rings. The van der Waals surface area contributed by atoms with Crippen LogP contribution >= 0.6 is 0 Å². The molecule has 1 heterocycles. The van der Waals surface area contributed by atoms with Gasteiger partial charge in [-0.2, -0.15) is 0 Å². The molecular formula is C24H21NO3. The van der Waals surface area contributed by atoms with Crippen molar-refractivity contribution in [3.8, 4) is 0 Å². The number of hydrogen-bond acceptors (Lipinski definition) is 3. The van der Waals surface area contributed by atoms with E-state index < -0.39 is 6.10 Å². The number of ether oxygens (including phenoxy) is 1. The smallest absolute Gasteiger partial charge is 0.306 e. The van der Waals surface area contributed by atoms with Gasteiger partial charge in [0.25, 0.3) is 0 Å². The number of nitrogens with one attached hydrogen (secondary N) is 1. The van der Waals surface area contributed by atoms with Gasteiger partial charge in [0.2, 0.25) is 5.91 Å². The lowest BCUT2D eigenvalue weighted by Gasteiger charge is -2.19. The summed E-state index contributed by atoms with van der Waals surface area (Å²) in [5.74, 6) is -0.679. The SMILES string of the molecule is O=C(CCC1C(=O)Nc2ccccc21)OC(c1ccccc1)c1ccccc1. The van der Waals surface area contributed by atoms with E-state index in [0.29, 0.717) is 6.42 Å². The normalized spacial score (nSPS) is 15.2. The number of carbonyl (C=O) groups is 2. The van der Waals surface area contributed by atoms with Crippen LogP contribution in [0.3, 0.4) is 0 Å². The molecule has 0 aromatic heterocycles. The molecule has 4 nitrogen and oxygen atoms in total. The first-order valence-corrected chi connectivity index (χ1v) is 9.41. The second-order valence-corrected chi connectivity index (χ2v) is 6.86. The van der Waals surface area contributed by atoms with Crippen LogP contribution in [0.4, 0.5) is 5.69 Å². The fourth-order valence-corrected chi connectivity index (χ4v) is 3.60. The van der Waals surface area contributed by atoms with E-state index in [-0.39, 0.29) is 24.2 Å². The number of rotatable bonds is 6. The van der Waals surface area contributed by atoms with Crippen LogP contribution in [-0.4, -0.2) is 11.9 Å². The number of esters is 1. The number of hydrogen-bond donors (Lipinski definition) is 1. The molecule has 0 bridgehead atoms. The highest BCUT2D eigenvalue weighted by Crippen LogP contribution is 2.35. The zero-order chi connectivity index (χ0) is 19.3. The molecule has 1 atom stereocenters. The molecule has 1 unspecified atom stereocenters. The Morgan fingerprint density at radius 3 is 2.07 bits per heavy atom. The van der Waals surface area contributed by atoms with Crippen LogP contribution in [-0.2, 0) is 14.3 Å². The first kappa shape index (κ1) is 18.0. The summed E-state index contributed by atoms with van der Waals surface area (Å²) in [7, 11) is 0. The summed E-state index contributed by atoms with van der Waals surface area (Å²) in [5.41, 5.74) is 3.62. The van der Waals surface area contributed by atoms with Gasteiger partial charge in [0, 0.05) is 12.1 Å². The summed E-state index contributed by atoms with van der Waals surface area (Å²) >= 11 is 0. The summed E-state index contributed by atoms with van der Waals surface area (Å²) < 4.78 is 5.83. The molecule has 1 aliphatic heterocycles. The molecule has 3 aromatic carbocycles. The van der Waals surface area contributed by atoms with Crippen molar-refractivity contribution in [1.29, 1.82) is 0 Å². The van der Waals surface area contributed by atoms with E-state index in [1.54, 1.807) is 0 Å². The minimum atomic E-state index is -0.459. The Kier molecular flexibility index (Phi) is 5.20. The molecule has 1 N–H and O–H groups in total. The van der Waals surface area contributed by atoms with E-state index in [1.165, 1.54) is 0 Å². The van der Waals surface area contributed by atoms with Crippen LogP contribution < -0.4 is 5.32 Å². The molecule has 4 rings (SSSR count). The zero-order valence-electron chi connectivity index (χ0n) is 15.4. The van der Waals surface area contributed by atoms with Gasteiger partial charge in [-0.15, -0.1) is 0 Å². The average molecular weight is 371 g/mol. The van der Waals surface area contributed by atoms with Gasteiger partial charge in [-0.25, -0.2) is 0 Å². The van der Waals surface area contributed by atoms with Gasteiger partial charge in [0.05, 0.1) is 5.92 Å². The van der Waals surface area contributed by atoms with Gasteiger partial charge in [0.1, 0.15) is 0 Å². The fourth-order valence-electron chi connectivity index (χ4n) is 3.60. The molecule has 0 fully saturated rings. The number of fused-ring (bicyclic) bond motifs is 1. The maximum Gasteiger partial charge on any atom is 0.306 e. The van der Waals surface area contributed by atoms with Crippen LogP contribution in [0.15, 0.2) is 84.9 Å². The predicted octanol–water partition coefficient (Wildman–Crippen LogP) is 4.84. The minimum Gasteiger partial charge on any atom is -0.453 e. The number of benzene rings is 3. The van der Waals surface area contributed by atoms with Gasteiger partial charge in [-0.1, -0.05) is 78.9 Å². The molecule has 140 valence electrons. The monoisotopic (exact) mass is 371 g/mol. The van der Waals surface area contributed by atoms with E-state index in [9.17, 15) is 9.59 Å². The first-order chi connectivity index (χ1) is 13.7. The summed E-state index contributed by atoms with van der Waals surface area (Å²) in [5, 5.41) is 2.87. The molecule has 0 spiro atoms. The molecular weight excluding hydrogens is 350 g/mol. The van der Waals surface area contributed by atoms with E-state index in [4.69, 9.17) is 4.74 Å². The molecule has 28 heavy (non-hydrogen) atoms. The van der Waals surface area contributed by atoms with Crippen molar-refractivity contribution >= 4 is 17.6 Å². The second-order valence-electron chi connectivity index (χ2n) is 6.86. The summed E-state index contributed by atoms with van der Waals surface area (Å²) in [4.78, 5) is 24.9. The highest BCUT2D eigenvalue weighted by molar-refractivity contribution is 6.03. The maximum absolute atomic E-state index is 12.6. The lowest BCUT2D eigenvalue weighted by Crippen LogP contribution is -2.16. The quantitative estimate of drug-likeness (QED) is 0.631. The van der Waals surface area contributed by atoms with Gasteiger partial charge < -0.3 is 10.1 Å². The van der Waals surface area contributed by atoms with E-state index >= 15 is 0 Å². The third-order valence-electron chi connectivity index (χ3n) is 5.00. The van der Waals surface area contributed by atoms with Crippen LogP contribution in [0.25, 0.3) is 0 Å². The van der Waals surface area contributed by atoms with Crippen molar-refractivity contribution in [3.63, 3.8) is 0 Å². The largest absolute Gasteiger partial charge is 0.453 e. The Hall–Kier alpha value is -3.40. The standard InChI is InChI=1S/C24H21NO3/c26-22(16-15-20-19-13-7-8-14-21(19)25-24(20)27)28-23(17-9-3-1-4-10-17)18-11-5-2-6-12-18/h1-14,20,23H,15-16H2,(H,25,27). The van der Waals surface area contributed by atoms with Crippen molar-refractivity contribution < 1.29 is 14.3 Å². The van der Waals surface area contributed by atoms with Gasteiger partial charge in [0.15, 0.2) is 6.10 Å². The van der Waals surface area contributed by atoms with Crippen molar-refractivity contribution in [1.82, 2.24) is 0 Å². The Morgan fingerprint density at radius 1 is 0.857 bits per heavy atom. The Morgan fingerprint density at radius 2 is 1.43 bits per heavy atom. The van der Waals surface area contributed by atoms with Crippen LogP contribution in [0.5, 0.6) is 0 Å². The second kappa shape index (κ2) is 8.09. The zero-order valence-corrected chi connectivity index (χ0v) is 15.4.